The van der Waals surface area contributed by atoms with Crippen molar-refractivity contribution in [3.63, 3.8) is 0 Å². The summed E-state index contributed by atoms with van der Waals surface area (Å²) in [6.45, 7) is 6.16. The van der Waals surface area contributed by atoms with Gasteiger partial charge in [0, 0.05) is 18.3 Å². The number of aliphatic carboxylic acids is 1. The molecule has 1 heterocycles. The maximum atomic E-state index is 13.0. The van der Waals surface area contributed by atoms with Crippen molar-refractivity contribution < 1.29 is 19.4 Å². The highest BCUT2D eigenvalue weighted by atomic mass is 35.5. The van der Waals surface area contributed by atoms with Gasteiger partial charge in [-0.15, -0.1) is 0 Å². The van der Waals surface area contributed by atoms with Crippen LogP contribution in [0.3, 0.4) is 0 Å². The number of carbonyl (C=O) groups excluding carboxylic acids is 1. The lowest BCUT2D eigenvalue weighted by Gasteiger charge is -2.10. The van der Waals surface area contributed by atoms with E-state index in [1.807, 2.05) is 47.1 Å². The van der Waals surface area contributed by atoms with Crippen LogP contribution in [0.25, 0.3) is 6.08 Å². The number of halogens is 1. The van der Waals surface area contributed by atoms with E-state index in [9.17, 15) is 9.59 Å². The molecule has 3 aromatic rings. The van der Waals surface area contributed by atoms with Gasteiger partial charge < -0.3 is 14.4 Å². The fourth-order valence-electron chi connectivity index (χ4n) is 3.23. The fourth-order valence-corrected chi connectivity index (χ4v) is 3.45. The molecule has 0 aliphatic heterocycles. The fraction of sp³-hybridized carbons (Fsp3) is 0.231. The highest BCUT2D eigenvalue weighted by Crippen LogP contribution is 2.21. The van der Waals surface area contributed by atoms with E-state index in [1.54, 1.807) is 30.5 Å². The Morgan fingerprint density at radius 3 is 2.47 bits per heavy atom. The van der Waals surface area contributed by atoms with Crippen molar-refractivity contribution in [3.8, 4) is 5.75 Å². The molecule has 0 aliphatic carbocycles. The Morgan fingerprint density at radius 2 is 1.81 bits per heavy atom. The van der Waals surface area contributed by atoms with Gasteiger partial charge in [-0.1, -0.05) is 74.0 Å². The molecule has 0 saturated heterocycles. The number of aromatic nitrogens is 1. The molecular weight excluding hydrogens is 426 g/mol. The van der Waals surface area contributed by atoms with Crippen LogP contribution in [-0.2, 0) is 11.3 Å². The number of carboxylic acids is 1. The smallest absolute Gasteiger partial charge is 0.344 e. The van der Waals surface area contributed by atoms with Crippen molar-refractivity contribution in [2.24, 2.45) is 0 Å². The Morgan fingerprint density at radius 1 is 1.09 bits per heavy atom. The lowest BCUT2D eigenvalue weighted by molar-refractivity contribution is -0.144. The number of ketones is 1. The minimum Gasteiger partial charge on any atom is -0.479 e. The Kier molecular flexibility index (Phi) is 7.54. The second-order valence-electron chi connectivity index (χ2n) is 7.87. The zero-order chi connectivity index (χ0) is 23.3. The number of hydrogen-bond acceptors (Lipinski definition) is 3. The maximum absolute atomic E-state index is 13.0. The second kappa shape index (κ2) is 10.3. The summed E-state index contributed by atoms with van der Waals surface area (Å²) in [6.07, 6.45) is 4.60. The van der Waals surface area contributed by atoms with Gasteiger partial charge in [-0.25, -0.2) is 4.79 Å². The molecule has 2 aromatic carbocycles. The quantitative estimate of drug-likeness (QED) is 0.401. The molecular formula is C26H26ClNO4. The Labute approximate surface area is 192 Å². The largest absolute Gasteiger partial charge is 0.479 e. The minimum absolute atomic E-state index is 0.0846. The first-order valence-electron chi connectivity index (χ1n) is 10.4. The standard InChI is InChI=1S/C26H26ClNO4/c1-17(2)20-9-11-21(12-10-20)25(29)24-15-22(27)16-28(24)13-5-7-19-6-4-8-23(14-19)32-18(3)26(30)31/h4-12,14-18H,13H2,1-3H3,(H,30,31)/b7-5+/t18-/m0/s1. The van der Waals surface area contributed by atoms with Gasteiger partial charge in [0.05, 0.1) is 10.7 Å². The van der Waals surface area contributed by atoms with E-state index in [-0.39, 0.29) is 5.78 Å². The van der Waals surface area contributed by atoms with E-state index >= 15 is 0 Å². The third-order valence-electron chi connectivity index (χ3n) is 5.07. The van der Waals surface area contributed by atoms with Crippen molar-refractivity contribution in [1.29, 1.82) is 0 Å². The van der Waals surface area contributed by atoms with Crippen LogP contribution in [0.1, 0.15) is 53.9 Å². The van der Waals surface area contributed by atoms with Crippen LogP contribution < -0.4 is 4.74 Å². The zero-order valence-corrected chi connectivity index (χ0v) is 19.0. The Hall–Kier alpha value is -3.31. The molecule has 0 aliphatic rings. The molecule has 0 amide bonds. The van der Waals surface area contributed by atoms with Gasteiger partial charge in [-0.3, -0.25) is 4.79 Å². The number of nitrogens with zero attached hydrogens (tertiary/aromatic N) is 1. The topological polar surface area (TPSA) is 68.5 Å². The molecule has 1 aromatic heterocycles. The molecule has 0 saturated carbocycles. The highest BCUT2D eigenvalue weighted by Gasteiger charge is 2.15. The van der Waals surface area contributed by atoms with Crippen LogP contribution in [0.5, 0.6) is 5.75 Å². The van der Waals surface area contributed by atoms with E-state index in [0.29, 0.717) is 34.5 Å². The number of rotatable bonds is 9. The summed E-state index contributed by atoms with van der Waals surface area (Å²) in [5, 5.41) is 9.49. The van der Waals surface area contributed by atoms with Crippen LogP contribution in [0.4, 0.5) is 0 Å². The highest BCUT2D eigenvalue weighted by molar-refractivity contribution is 6.31. The molecule has 6 heteroatoms. The van der Waals surface area contributed by atoms with Gasteiger partial charge in [0.1, 0.15) is 5.75 Å². The molecule has 0 unspecified atom stereocenters. The van der Waals surface area contributed by atoms with Gasteiger partial charge >= 0.3 is 5.97 Å². The molecule has 32 heavy (non-hydrogen) atoms. The molecule has 3 rings (SSSR count). The first-order valence-corrected chi connectivity index (χ1v) is 10.8. The molecule has 0 fully saturated rings. The number of carboxylic acid groups (broad SMARTS) is 1. The molecule has 0 spiro atoms. The average molecular weight is 452 g/mol. The van der Waals surface area contributed by atoms with E-state index in [2.05, 4.69) is 13.8 Å². The van der Waals surface area contributed by atoms with Crippen molar-refractivity contribution in [1.82, 2.24) is 4.57 Å². The SMILES string of the molecule is CC(C)c1ccc(C(=O)c2cc(Cl)cn2C/C=C/c2cccc(O[C@@H](C)C(=O)O)c2)cc1. The lowest BCUT2D eigenvalue weighted by atomic mass is 10.00. The van der Waals surface area contributed by atoms with Gasteiger partial charge in [0.15, 0.2) is 6.10 Å². The van der Waals surface area contributed by atoms with Gasteiger partial charge in [-0.2, -0.15) is 0 Å². The normalized spacial score (nSPS) is 12.3. The molecule has 0 bridgehead atoms. The number of allylic oxidation sites excluding steroid dienone is 1. The molecule has 1 atom stereocenters. The summed E-state index contributed by atoms with van der Waals surface area (Å²) in [4.78, 5) is 24.0. The first kappa shape index (κ1) is 23.4. The first-order chi connectivity index (χ1) is 15.2. The van der Waals surface area contributed by atoms with Crippen LogP contribution >= 0.6 is 11.6 Å². The van der Waals surface area contributed by atoms with E-state index in [4.69, 9.17) is 21.4 Å². The summed E-state index contributed by atoms with van der Waals surface area (Å²) in [6, 6.07) is 16.5. The summed E-state index contributed by atoms with van der Waals surface area (Å²) >= 11 is 6.19. The van der Waals surface area contributed by atoms with E-state index in [0.717, 1.165) is 5.56 Å². The van der Waals surface area contributed by atoms with Gasteiger partial charge in [0.25, 0.3) is 0 Å². The number of carbonyl (C=O) groups is 2. The van der Waals surface area contributed by atoms with Crippen molar-refractivity contribution >= 4 is 29.4 Å². The van der Waals surface area contributed by atoms with Gasteiger partial charge in [-0.05, 0) is 42.2 Å². The lowest BCUT2D eigenvalue weighted by Crippen LogP contribution is -2.22. The maximum Gasteiger partial charge on any atom is 0.344 e. The second-order valence-corrected chi connectivity index (χ2v) is 8.31. The average Bonchev–Trinajstić information content (AvgIpc) is 3.13. The summed E-state index contributed by atoms with van der Waals surface area (Å²) in [7, 11) is 0. The monoisotopic (exact) mass is 451 g/mol. The zero-order valence-electron chi connectivity index (χ0n) is 18.3. The number of ether oxygens (including phenoxy) is 1. The predicted molar refractivity (Wildman–Crippen MR) is 127 cm³/mol. The van der Waals surface area contributed by atoms with Crippen molar-refractivity contribution in [3.05, 3.63) is 94.3 Å². The summed E-state index contributed by atoms with van der Waals surface area (Å²) < 4.78 is 7.22. The third kappa shape index (κ3) is 5.89. The van der Waals surface area contributed by atoms with Crippen molar-refractivity contribution in [2.75, 3.05) is 0 Å². The molecule has 5 nitrogen and oxygen atoms in total. The predicted octanol–water partition coefficient (Wildman–Crippen LogP) is 6.06. The van der Waals surface area contributed by atoms with Crippen LogP contribution in [-0.4, -0.2) is 27.5 Å². The Balaban J connectivity index is 1.73. The molecule has 1 N–H and O–H groups in total. The molecule has 0 radical (unpaired) electrons. The van der Waals surface area contributed by atoms with Crippen LogP contribution in [0.15, 0.2) is 66.9 Å². The Bertz CT molecular complexity index is 1130. The molecule has 166 valence electrons. The van der Waals surface area contributed by atoms with Crippen molar-refractivity contribution in [2.45, 2.75) is 39.3 Å². The summed E-state index contributed by atoms with van der Waals surface area (Å²) in [5.74, 6) is -0.226. The van der Waals surface area contributed by atoms with Gasteiger partial charge in [0.2, 0.25) is 5.78 Å². The van der Waals surface area contributed by atoms with Crippen LogP contribution in [0, 0.1) is 0 Å². The van der Waals surface area contributed by atoms with Crippen LogP contribution in [0.2, 0.25) is 5.02 Å². The third-order valence-corrected chi connectivity index (χ3v) is 5.27. The van der Waals surface area contributed by atoms with E-state index in [1.165, 1.54) is 12.5 Å². The number of hydrogen-bond donors (Lipinski definition) is 1. The summed E-state index contributed by atoms with van der Waals surface area (Å²) in [5.41, 5.74) is 3.17. The van der Waals surface area contributed by atoms with E-state index < -0.39 is 12.1 Å². The number of benzene rings is 2. The minimum atomic E-state index is -1.02.